The number of aryl methyl sites for hydroxylation is 1. The molecule has 0 aromatic carbocycles. The highest BCUT2D eigenvalue weighted by Crippen LogP contribution is 2.10. The molecular formula is C14H24N4O3. The zero-order valence-corrected chi connectivity index (χ0v) is 12.8. The molecule has 7 nitrogen and oxygen atoms in total. The van der Waals surface area contributed by atoms with E-state index in [1.807, 2.05) is 13.8 Å². The van der Waals surface area contributed by atoms with Crippen molar-refractivity contribution in [1.29, 1.82) is 0 Å². The third-order valence-electron chi connectivity index (χ3n) is 3.42. The van der Waals surface area contributed by atoms with Gasteiger partial charge in [-0.25, -0.2) is 0 Å². The molecule has 1 N–H and O–H groups in total. The minimum absolute atomic E-state index is 0.0209. The molecule has 0 saturated carbocycles. The Kier molecular flexibility index (Phi) is 6.13. The predicted octanol–water partition coefficient (Wildman–Crippen LogP) is 0.574. The van der Waals surface area contributed by atoms with Crippen molar-refractivity contribution in [2.75, 3.05) is 39.4 Å². The molecule has 1 aromatic heterocycles. The lowest BCUT2D eigenvalue weighted by molar-refractivity contribution is -0.121. The number of nitrogens with zero attached hydrogens (tertiary/aromatic N) is 3. The first-order valence-corrected chi connectivity index (χ1v) is 7.54. The highest BCUT2D eigenvalue weighted by molar-refractivity contribution is 5.75. The largest absolute Gasteiger partial charge is 0.379 e. The molecule has 21 heavy (non-hydrogen) atoms. The molecular weight excluding hydrogens is 272 g/mol. The minimum Gasteiger partial charge on any atom is -0.379 e. The van der Waals surface area contributed by atoms with E-state index in [0.29, 0.717) is 31.1 Å². The first-order chi connectivity index (χ1) is 10.1. The first kappa shape index (κ1) is 15.9. The SMILES string of the molecule is CC(C)c1noc(CCC(=O)NCCN2CCOCC2)n1. The van der Waals surface area contributed by atoms with Crippen molar-refractivity contribution in [3.8, 4) is 0 Å². The molecule has 0 spiro atoms. The van der Waals surface area contributed by atoms with Crippen LogP contribution in [0.4, 0.5) is 0 Å². The van der Waals surface area contributed by atoms with Gasteiger partial charge in [0.2, 0.25) is 11.8 Å². The van der Waals surface area contributed by atoms with Gasteiger partial charge in [0.25, 0.3) is 0 Å². The maximum absolute atomic E-state index is 11.8. The second kappa shape index (κ2) is 8.09. The maximum atomic E-state index is 11.8. The molecule has 7 heteroatoms. The van der Waals surface area contributed by atoms with E-state index >= 15 is 0 Å². The van der Waals surface area contributed by atoms with Crippen LogP contribution >= 0.6 is 0 Å². The van der Waals surface area contributed by atoms with Gasteiger partial charge in [0.05, 0.1) is 13.2 Å². The summed E-state index contributed by atoms with van der Waals surface area (Å²) < 4.78 is 10.4. The Morgan fingerprint density at radius 2 is 2.14 bits per heavy atom. The van der Waals surface area contributed by atoms with Crippen molar-refractivity contribution < 1.29 is 14.1 Å². The molecule has 1 aliphatic rings. The number of aromatic nitrogens is 2. The van der Waals surface area contributed by atoms with Crippen LogP contribution in [0.1, 0.15) is 37.9 Å². The molecule has 0 bridgehead atoms. The Bertz CT molecular complexity index is 441. The first-order valence-electron chi connectivity index (χ1n) is 7.54. The molecule has 1 fully saturated rings. The molecule has 0 radical (unpaired) electrons. The van der Waals surface area contributed by atoms with Gasteiger partial charge < -0.3 is 14.6 Å². The van der Waals surface area contributed by atoms with E-state index in [1.165, 1.54) is 0 Å². The number of nitrogens with one attached hydrogen (secondary N) is 1. The van der Waals surface area contributed by atoms with Crippen LogP contribution in [0.5, 0.6) is 0 Å². The van der Waals surface area contributed by atoms with Gasteiger partial charge in [0.1, 0.15) is 0 Å². The molecule has 0 unspecified atom stereocenters. The van der Waals surface area contributed by atoms with E-state index in [1.54, 1.807) is 0 Å². The number of amides is 1. The molecule has 1 aliphatic heterocycles. The highest BCUT2D eigenvalue weighted by Gasteiger charge is 2.12. The van der Waals surface area contributed by atoms with Crippen LogP contribution in [-0.2, 0) is 16.0 Å². The fraction of sp³-hybridized carbons (Fsp3) is 0.786. The van der Waals surface area contributed by atoms with E-state index in [2.05, 4.69) is 20.4 Å². The Hall–Kier alpha value is -1.47. The molecule has 0 atom stereocenters. The van der Waals surface area contributed by atoms with E-state index in [4.69, 9.17) is 9.26 Å². The lowest BCUT2D eigenvalue weighted by Gasteiger charge is -2.26. The summed E-state index contributed by atoms with van der Waals surface area (Å²) in [7, 11) is 0. The Balaban J connectivity index is 1.60. The van der Waals surface area contributed by atoms with Crippen LogP contribution in [-0.4, -0.2) is 60.3 Å². The van der Waals surface area contributed by atoms with Crippen LogP contribution < -0.4 is 5.32 Å². The number of carbonyl (C=O) groups excluding carboxylic acids is 1. The number of morpholine rings is 1. The van der Waals surface area contributed by atoms with E-state index in [9.17, 15) is 4.79 Å². The van der Waals surface area contributed by atoms with Crippen molar-refractivity contribution >= 4 is 5.91 Å². The summed E-state index contributed by atoms with van der Waals surface area (Å²) in [6, 6.07) is 0. The number of carbonyl (C=O) groups is 1. The number of hydrogen-bond donors (Lipinski definition) is 1. The lowest BCUT2D eigenvalue weighted by Crippen LogP contribution is -2.41. The van der Waals surface area contributed by atoms with E-state index in [-0.39, 0.29) is 11.8 Å². The van der Waals surface area contributed by atoms with Crippen LogP contribution in [0.15, 0.2) is 4.52 Å². The van der Waals surface area contributed by atoms with Crippen LogP contribution in [0, 0.1) is 0 Å². The summed E-state index contributed by atoms with van der Waals surface area (Å²) in [4.78, 5) is 18.3. The van der Waals surface area contributed by atoms with Crippen molar-refractivity contribution in [2.24, 2.45) is 0 Å². The van der Waals surface area contributed by atoms with E-state index in [0.717, 1.165) is 32.8 Å². The summed E-state index contributed by atoms with van der Waals surface area (Å²) >= 11 is 0. The van der Waals surface area contributed by atoms with Gasteiger partial charge in [0, 0.05) is 44.9 Å². The summed E-state index contributed by atoms with van der Waals surface area (Å²) in [5, 5.41) is 6.80. The highest BCUT2D eigenvalue weighted by atomic mass is 16.5. The summed E-state index contributed by atoms with van der Waals surface area (Å²) in [6.07, 6.45) is 0.867. The van der Waals surface area contributed by atoms with Crippen LogP contribution in [0.2, 0.25) is 0 Å². The summed E-state index contributed by atoms with van der Waals surface area (Å²) in [6.45, 7) is 8.99. The zero-order chi connectivity index (χ0) is 15.1. The van der Waals surface area contributed by atoms with Gasteiger partial charge in [-0.3, -0.25) is 9.69 Å². The van der Waals surface area contributed by atoms with Gasteiger partial charge in [-0.05, 0) is 0 Å². The molecule has 0 aliphatic carbocycles. The minimum atomic E-state index is 0.0209. The molecule has 1 amide bonds. The topological polar surface area (TPSA) is 80.5 Å². The van der Waals surface area contributed by atoms with Crippen molar-refractivity contribution in [3.05, 3.63) is 11.7 Å². The Labute approximate surface area is 125 Å². The second-order valence-electron chi connectivity index (χ2n) is 5.50. The summed E-state index contributed by atoms with van der Waals surface area (Å²) in [5.41, 5.74) is 0. The smallest absolute Gasteiger partial charge is 0.227 e. The van der Waals surface area contributed by atoms with Gasteiger partial charge >= 0.3 is 0 Å². The predicted molar refractivity (Wildman–Crippen MR) is 77.0 cm³/mol. The van der Waals surface area contributed by atoms with Crippen LogP contribution in [0.3, 0.4) is 0 Å². The molecule has 2 heterocycles. The third-order valence-corrected chi connectivity index (χ3v) is 3.42. The number of ether oxygens (including phenoxy) is 1. The molecule has 1 saturated heterocycles. The fourth-order valence-electron chi connectivity index (χ4n) is 2.09. The molecule has 2 rings (SSSR count). The monoisotopic (exact) mass is 296 g/mol. The standard InChI is InChI=1S/C14H24N4O3/c1-11(2)14-16-13(21-17-14)4-3-12(19)15-5-6-18-7-9-20-10-8-18/h11H,3-10H2,1-2H3,(H,15,19). The van der Waals surface area contributed by atoms with E-state index < -0.39 is 0 Å². The van der Waals surface area contributed by atoms with Crippen molar-refractivity contribution in [2.45, 2.75) is 32.6 Å². The Morgan fingerprint density at radius 3 is 2.81 bits per heavy atom. The quantitative estimate of drug-likeness (QED) is 0.792. The van der Waals surface area contributed by atoms with Gasteiger partial charge in [-0.1, -0.05) is 19.0 Å². The summed E-state index contributed by atoms with van der Waals surface area (Å²) in [5.74, 6) is 1.48. The van der Waals surface area contributed by atoms with Crippen molar-refractivity contribution in [3.63, 3.8) is 0 Å². The van der Waals surface area contributed by atoms with Gasteiger partial charge in [0.15, 0.2) is 5.82 Å². The van der Waals surface area contributed by atoms with Gasteiger partial charge in [-0.2, -0.15) is 4.98 Å². The molecule has 118 valence electrons. The zero-order valence-electron chi connectivity index (χ0n) is 12.8. The lowest BCUT2D eigenvalue weighted by atomic mass is 10.2. The Morgan fingerprint density at radius 1 is 1.38 bits per heavy atom. The van der Waals surface area contributed by atoms with Crippen molar-refractivity contribution in [1.82, 2.24) is 20.4 Å². The fourth-order valence-corrected chi connectivity index (χ4v) is 2.09. The average molecular weight is 296 g/mol. The second-order valence-corrected chi connectivity index (χ2v) is 5.50. The maximum Gasteiger partial charge on any atom is 0.227 e. The average Bonchev–Trinajstić information content (AvgIpc) is 2.95. The van der Waals surface area contributed by atoms with Gasteiger partial charge in [-0.15, -0.1) is 0 Å². The van der Waals surface area contributed by atoms with Crippen LogP contribution in [0.25, 0.3) is 0 Å². The molecule has 1 aromatic rings. The third kappa shape index (κ3) is 5.43. The normalized spacial score (nSPS) is 16.3. The number of hydrogen-bond acceptors (Lipinski definition) is 6. The number of rotatable bonds is 7.